The van der Waals surface area contributed by atoms with E-state index in [1.54, 1.807) is 17.0 Å². The summed E-state index contributed by atoms with van der Waals surface area (Å²) in [5, 5.41) is 3.33. The molecule has 1 amide bonds. The summed E-state index contributed by atoms with van der Waals surface area (Å²) in [5.74, 6) is 0.169. The molecule has 0 spiro atoms. The Morgan fingerprint density at radius 1 is 1.24 bits per heavy atom. The van der Waals surface area contributed by atoms with Gasteiger partial charge >= 0.3 is 0 Å². The van der Waals surface area contributed by atoms with Crippen LogP contribution in [0.3, 0.4) is 0 Å². The van der Waals surface area contributed by atoms with Crippen molar-refractivity contribution in [2.45, 2.75) is 18.9 Å². The molecule has 1 fully saturated rings. The number of methoxy groups -OCH3 is 1. The molecule has 10 nitrogen and oxygen atoms in total. The standard InChI is InChI=1S/C23H23Cl2FN4O6S/c1-34-18-10-17-14(23(28-12-27-17)29-16-4-3-15(24)21(25)22(16)26)9-19(18)36-13-5-7-30(11-13)20(31)6-8-35-37(2,32)33/h3-4,9-10,12-13H,5-8,11H2,1-2H3,(H,27,28,29). The summed E-state index contributed by atoms with van der Waals surface area (Å²) in [6.07, 6.45) is 2.43. The van der Waals surface area contributed by atoms with E-state index in [1.165, 1.54) is 25.6 Å². The third-order valence-corrected chi connectivity index (χ3v) is 6.99. The lowest BCUT2D eigenvalue weighted by molar-refractivity contribution is -0.130. The zero-order valence-corrected chi connectivity index (χ0v) is 22.2. The molecule has 198 valence electrons. The summed E-state index contributed by atoms with van der Waals surface area (Å²) >= 11 is 11.8. The Balaban J connectivity index is 1.52. The van der Waals surface area contributed by atoms with Crippen molar-refractivity contribution in [1.29, 1.82) is 0 Å². The van der Waals surface area contributed by atoms with Crippen LogP contribution in [0, 0.1) is 5.82 Å². The molecule has 1 N–H and O–H groups in total. The van der Waals surface area contributed by atoms with Crippen LogP contribution in [0.2, 0.25) is 10.0 Å². The summed E-state index contributed by atoms with van der Waals surface area (Å²) < 4.78 is 53.1. The molecule has 4 rings (SSSR count). The maximum Gasteiger partial charge on any atom is 0.264 e. The molecular weight excluding hydrogens is 550 g/mol. The second-order valence-corrected chi connectivity index (χ2v) is 10.7. The number of nitrogens with zero attached hydrogens (tertiary/aromatic N) is 3. The highest BCUT2D eigenvalue weighted by molar-refractivity contribution is 7.85. The average molecular weight is 573 g/mol. The van der Waals surface area contributed by atoms with Crippen molar-refractivity contribution in [2.75, 3.05) is 38.4 Å². The minimum atomic E-state index is -3.61. The second-order valence-electron chi connectivity index (χ2n) is 8.23. The summed E-state index contributed by atoms with van der Waals surface area (Å²) in [7, 11) is -2.12. The monoisotopic (exact) mass is 572 g/mol. The van der Waals surface area contributed by atoms with Crippen LogP contribution in [0.1, 0.15) is 12.8 Å². The van der Waals surface area contributed by atoms with Gasteiger partial charge in [-0.2, -0.15) is 8.42 Å². The van der Waals surface area contributed by atoms with Crippen molar-refractivity contribution in [3.05, 3.63) is 46.5 Å². The van der Waals surface area contributed by atoms with Crippen molar-refractivity contribution in [2.24, 2.45) is 0 Å². The Bertz CT molecular complexity index is 1440. The Kier molecular flexibility index (Phi) is 8.22. The summed E-state index contributed by atoms with van der Waals surface area (Å²) in [6, 6.07) is 6.26. The minimum Gasteiger partial charge on any atom is -0.493 e. The molecule has 37 heavy (non-hydrogen) atoms. The van der Waals surface area contributed by atoms with Gasteiger partial charge in [-0.05, 0) is 18.2 Å². The van der Waals surface area contributed by atoms with Gasteiger partial charge in [0, 0.05) is 24.4 Å². The number of halogens is 3. The molecule has 3 aromatic rings. The quantitative estimate of drug-likeness (QED) is 0.297. The van der Waals surface area contributed by atoms with Gasteiger partial charge in [-0.25, -0.2) is 14.4 Å². The number of anilines is 2. The fourth-order valence-electron chi connectivity index (χ4n) is 3.83. The maximum absolute atomic E-state index is 14.6. The number of benzene rings is 2. The fraction of sp³-hybridized carbons (Fsp3) is 0.348. The molecule has 2 heterocycles. The first-order valence-corrected chi connectivity index (χ1v) is 13.6. The molecular formula is C23H23Cl2FN4O6S. The highest BCUT2D eigenvalue weighted by Crippen LogP contribution is 2.37. The van der Waals surface area contributed by atoms with Crippen LogP contribution < -0.4 is 14.8 Å². The summed E-state index contributed by atoms with van der Waals surface area (Å²) in [5.41, 5.74) is 0.605. The number of amides is 1. The summed E-state index contributed by atoms with van der Waals surface area (Å²) in [6.45, 7) is 0.544. The topological polar surface area (TPSA) is 120 Å². The molecule has 1 aromatic heterocycles. The Labute approximate surface area is 222 Å². The van der Waals surface area contributed by atoms with Crippen LogP contribution in [0.15, 0.2) is 30.6 Å². The number of carbonyl (C=O) groups excluding carboxylic acids is 1. The lowest BCUT2D eigenvalue weighted by Gasteiger charge is -2.19. The number of nitrogens with one attached hydrogen (secondary N) is 1. The molecule has 2 aromatic carbocycles. The van der Waals surface area contributed by atoms with Gasteiger partial charge in [0.1, 0.15) is 18.2 Å². The number of aromatic nitrogens is 2. The second kappa shape index (κ2) is 11.2. The van der Waals surface area contributed by atoms with E-state index in [0.29, 0.717) is 47.7 Å². The van der Waals surface area contributed by atoms with Gasteiger partial charge in [-0.15, -0.1) is 0 Å². The van der Waals surface area contributed by atoms with Gasteiger partial charge in [-0.1, -0.05) is 23.2 Å². The fourth-order valence-corrected chi connectivity index (χ4v) is 4.53. The van der Waals surface area contributed by atoms with Gasteiger partial charge in [0.2, 0.25) is 5.91 Å². The van der Waals surface area contributed by atoms with E-state index in [-0.39, 0.29) is 40.8 Å². The van der Waals surface area contributed by atoms with Crippen molar-refractivity contribution in [3.63, 3.8) is 0 Å². The van der Waals surface area contributed by atoms with Gasteiger partial charge in [0.15, 0.2) is 17.3 Å². The van der Waals surface area contributed by atoms with Crippen LogP contribution in [0.5, 0.6) is 11.5 Å². The number of hydrogen-bond donors (Lipinski definition) is 1. The first-order chi connectivity index (χ1) is 17.6. The highest BCUT2D eigenvalue weighted by Gasteiger charge is 2.28. The molecule has 0 radical (unpaired) electrons. The van der Waals surface area contributed by atoms with Crippen molar-refractivity contribution in [3.8, 4) is 11.5 Å². The van der Waals surface area contributed by atoms with Gasteiger partial charge in [-0.3, -0.25) is 8.98 Å². The number of rotatable bonds is 9. The molecule has 1 aliphatic heterocycles. The van der Waals surface area contributed by atoms with Gasteiger partial charge < -0.3 is 19.7 Å². The third kappa shape index (κ3) is 6.50. The largest absolute Gasteiger partial charge is 0.493 e. The maximum atomic E-state index is 14.6. The smallest absolute Gasteiger partial charge is 0.264 e. The molecule has 14 heteroatoms. The van der Waals surface area contributed by atoms with E-state index < -0.39 is 15.9 Å². The SMILES string of the molecule is COc1cc2ncnc(Nc3ccc(Cl)c(Cl)c3F)c2cc1OC1CCN(C(=O)CCOS(C)(=O)=O)C1. The number of carbonyl (C=O) groups is 1. The molecule has 0 saturated carbocycles. The zero-order chi connectivity index (χ0) is 26.7. The van der Waals surface area contributed by atoms with E-state index in [9.17, 15) is 17.6 Å². The van der Waals surface area contributed by atoms with Crippen LogP contribution in [0.25, 0.3) is 10.9 Å². The lowest BCUT2D eigenvalue weighted by atomic mass is 10.2. The first kappa shape index (κ1) is 27.1. The Hall–Kier alpha value is -2.93. The third-order valence-electron chi connectivity index (χ3n) is 5.61. The highest BCUT2D eigenvalue weighted by atomic mass is 35.5. The van der Waals surface area contributed by atoms with Gasteiger partial charge in [0.05, 0.1) is 54.2 Å². The predicted molar refractivity (Wildman–Crippen MR) is 137 cm³/mol. The summed E-state index contributed by atoms with van der Waals surface area (Å²) in [4.78, 5) is 22.5. The van der Waals surface area contributed by atoms with Crippen LogP contribution in [-0.2, 0) is 19.1 Å². The molecule has 0 bridgehead atoms. The molecule has 1 saturated heterocycles. The zero-order valence-electron chi connectivity index (χ0n) is 19.8. The van der Waals surface area contributed by atoms with Crippen LogP contribution in [-0.4, -0.2) is 68.4 Å². The molecule has 0 aliphatic carbocycles. The molecule has 1 aliphatic rings. The van der Waals surface area contributed by atoms with E-state index in [1.807, 2.05) is 0 Å². The Morgan fingerprint density at radius 2 is 2.03 bits per heavy atom. The van der Waals surface area contributed by atoms with Crippen LogP contribution >= 0.6 is 23.2 Å². The van der Waals surface area contributed by atoms with Crippen LogP contribution in [0.4, 0.5) is 15.9 Å². The lowest BCUT2D eigenvalue weighted by Crippen LogP contribution is -2.31. The Morgan fingerprint density at radius 3 is 2.76 bits per heavy atom. The number of fused-ring (bicyclic) bond motifs is 1. The van der Waals surface area contributed by atoms with E-state index >= 15 is 0 Å². The minimum absolute atomic E-state index is 0.0588. The molecule has 1 atom stereocenters. The number of likely N-dealkylation sites (tertiary alicyclic amines) is 1. The van der Waals surface area contributed by atoms with Crippen molar-refractivity contribution in [1.82, 2.24) is 14.9 Å². The van der Waals surface area contributed by atoms with Crippen molar-refractivity contribution < 1.29 is 31.3 Å². The number of hydrogen-bond acceptors (Lipinski definition) is 9. The normalized spacial score (nSPS) is 15.7. The van der Waals surface area contributed by atoms with E-state index in [4.69, 9.17) is 32.7 Å². The first-order valence-electron chi connectivity index (χ1n) is 11.1. The van der Waals surface area contributed by atoms with Gasteiger partial charge in [0.25, 0.3) is 10.1 Å². The van der Waals surface area contributed by atoms with E-state index in [2.05, 4.69) is 19.5 Å². The van der Waals surface area contributed by atoms with E-state index in [0.717, 1.165) is 6.26 Å². The average Bonchev–Trinajstić information content (AvgIpc) is 3.32. The number of ether oxygens (including phenoxy) is 2. The predicted octanol–water partition coefficient (Wildman–Crippen LogP) is 4.17. The molecule has 1 unspecified atom stereocenters. The van der Waals surface area contributed by atoms with Crippen molar-refractivity contribution >= 4 is 61.6 Å².